The van der Waals surface area contributed by atoms with Crippen molar-refractivity contribution < 1.29 is 9.53 Å². The SMILES string of the molecule is Cc1cc(OC(=O)C2CCCCC2)ccc1Cl. The number of esters is 1. The molecule has 0 atom stereocenters. The third-order valence-electron chi connectivity index (χ3n) is 3.29. The molecule has 0 radical (unpaired) electrons. The van der Waals surface area contributed by atoms with E-state index in [-0.39, 0.29) is 11.9 Å². The van der Waals surface area contributed by atoms with Gasteiger partial charge in [-0.15, -0.1) is 0 Å². The van der Waals surface area contributed by atoms with E-state index >= 15 is 0 Å². The van der Waals surface area contributed by atoms with Crippen molar-refractivity contribution in [1.82, 2.24) is 0 Å². The molecule has 0 spiro atoms. The number of halogens is 1. The van der Waals surface area contributed by atoms with E-state index in [4.69, 9.17) is 16.3 Å². The lowest BCUT2D eigenvalue weighted by atomic mass is 9.89. The summed E-state index contributed by atoms with van der Waals surface area (Å²) in [6.45, 7) is 1.90. The lowest BCUT2D eigenvalue weighted by Gasteiger charge is -2.19. The van der Waals surface area contributed by atoms with Gasteiger partial charge in [0.25, 0.3) is 0 Å². The molecule has 1 aliphatic carbocycles. The maximum absolute atomic E-state index is 11.9. The molecule has 3 heteroatoms. The van der Waals surface area contributed by atoms with Crippen molar-refractivity contribution in [3.8, 4) is 5.75 Å². The summed E-state index contributed by atoms with van der Waals surface area (Å²) >= 11 is 5.93. The third kappa shape index (κ3) is 3.22. The Balaban J connectivity index is 1.99. The Kier molecular flexibility index (Phi) is 4.06. The second-order valence-corrected chi connectivity index (χ2v) is 5.07. The van der Waals surface area contributed by atoms with E-state index in [1.54, 1.807) is 12.1 Å². The van der Waals surface area contributed by atoms with Crippen LogP contribution in [-0.4, -0.2) is 5.97 Å². The summed E-state index contributed by atoms with van der Waals surface area (Å²) in [6, 6.07) is 5.32. The Bertz CT molecular complexity index is 409. The summed E-state index contributed by atoms with van der Waals surface area (Å²) < 4.78 is 5.39. The van der Waals surface area contributed by atoms with E-state index < -0.39 is 0 Å². The summed E-state index contributed by atoms with van der Waals surface area (Å²) in [5, 5.41) is 0.697. The number of hydrogen-bond acceptors (Lipinski definition) is 2. The van der Waals surface area contributed by atoms with E-state index in [1.807, 2.05) is 13.0 Å². The first-order valence-electron chi connectivity index (χ1n) is 6.14. The zero-order valence-corrected chi connectivity index (χ0v) is 10.8. The van der Waals surface area contributed by atoms with E-state index in [2.05, 4.69) is 0 Å². The standard InChI is InChI=1S/C14H17ClO2/c1-10-9-12(7-8-13(10)15)17-14(16)11-5-3-2-4-6-11/h7-9,11H,2-6H2,1H3. The molecule has 0 heterocycles. The van der Waals surface area contributed by atoms with Crippen molar-refractivity contribution in [3.63, 3.8) is 0 Å². The fourth-order valence-corrected chi connectivity index (χ4v) is 2.34. The minimum Gasteiger partial charge on any atom is -0.426 e. The number of aryl methyl sites for hydroxylation is 1. The summed E-state index contributed by atoms with van der Waals surface area (Å²) in [4.78, 5) is 11.9. The van der Waals surface area contributed by atoms with Crippen LogP contribution in [0.3, 0.4) is 0 Å². The average Bonchev–Trinajstić information content (AvgIpc) is 2.35. The van der Waals surface area contributed by atoms with Crippen molar-refractivity contribution in [2.75, 3.05) is 0 Å². The number of carbonyl (C=O) groups excluding carboxylic acids is 1. The topological polar surface area (TPSA) is 26.3 Å². The predicted molar refractivity (Wildman–Crippen MR) is 68.4 cm³/mol. The minimum atomic E-state index is -0.0913. The molecule has 0 saturated heterocycles. The Morgan fingerprint density at radius 3 is 2.65 bits per heavy atom. The molecule has 2 rings (SSSR count). The van der Waals surface area contributed by atoms with Gasteiger partial charge in [0, 0.05) is 5.02 Å². The summed E-state index contributed by atoms with van der Waals surface area (Å²) in [7, 11) is 0. The van der Waals surface area contributed by atoms with Gasteiger partial charge in [-0.1, -0.05) is 30.9 Å². The molecule has 0 aromatic heterocycles. The van der Waals surface area contributed by atoms with Crippen molar-refractivity contribution in [2.24, 2.45) is 5.92 Å². The van der Waals surface area contributed by atoms with Crippen LogP contribution < -0.4 is 4.74 Å². The molecule has 1 aromatic carbocycles. The fourth-order valence-electron chi connectivity index (χ4n) is 2.22. The van der Waals surface area contributed by atoms with Crippen molar-refractivity contribution in [3.05, 3.63) is 28.8 Å². The summed E-state index contributed by atoms with van der Waals surface area (Å²) in [5.74, 6) is 0.591. The lowest BCUT2D eigenvalue weighted by Crippen LogP contribution is -2.22. The molecule has 0 unspecified atom stereocenters. The monoisotopic (exact) mass is 252 g/mol. The van der Waals surface area contributed by atoms with Gasteiger partial charge in [-0.3, -0.25) is 4.79 Å². The number of hydrogen-bond donors (Lipinski definition) is 0. The number of rotatable bonds is 2. The quantitative estimate of drug-likeness (QED) is 0.584. The van der Waals surface area contributed by atoms with Gasteiger partial charge in [0.05, 0.1) is 5.92 Å². The van der Waals surface area contributed by atoms with Crippen LogP contribution in [0.2, 0.25) is 5.02 Å². The summed E-state index contributed by atoms with van der Waals surface area (Å²) in [6.07, 6.45) is 5.44. The Labute approximate surface area is 107 Å². The van der Waals surface area contributed by atoms with Gasteiger partial charge in [-0.05, 0) is 43.5 Å². The van der Waals surface area contributed by atoms with Crippen LogP contribution >= 0.6 is 11.6 Å². The first-order chi connectivity index (χ1) is 8.16. The normalized spacial score (nSPS) is 16.8. The predicted octanol–water partition coefficient (Wildman–Crippen LogP) is 4.13. The zero-order valence-electron chi connectivity index (χ0n) is 10.0. The number of ether oxygens (including phenoxy) is 1. The first kappa shape index (κ1) is 12.4. The fraction of sp³-hybridized carbons (Fsp3) is 0.500. The molecule has 0 N–H and O–H groups in total. The Morgan fingerprint density at radius 2 is 2.00 bits per heavy atom. The van der Waals surface area contributed by atoms with E-state index in [9.17, 15) is 4.79 Å². The molecule has 0 aliphatic heterocycles. The molecular formula is C14H17ClO2. The molecule has 0 amide bonds. The highest BCUT2D eigenvalue weighted by atomic mass is 35.5. The van der Waals surface area contributed by atoms with Crippen LogP contribution in [0.1, 0.15) is 37.7 Å². The molecule has 17 heavy (non-hydrogen) atoms. The van der Waals surface area contributed by atoms with Gasteiger partial charge in [0.15, 0.2) is 0 Å². The van der Waals surface area contributed by atoms with Gasteiger partial charge in [-0.2, -0.15) is 0 Å². The smallest absolute Gasteiger partial charge is 0.314 e. The largest absolute Gasteiger partial charge is 0.426 e. The average molecular weight is 253 g/mol. The van der Waals surface area contributed by atoms with Crippen molar-refractivity contribution >= 4 is 17.6 Å². The van der Waals surface area contributed by atoms with Crippen LogP contribution in [0.25, 0.3) is 0 Å². The van der Waals surface area contributed by atoms with E-state index in [0.29, 0.717) is 10.8 Å². The van der Waals surface area contributed by atoms with E-state index in [1.165, 1.54) is 6.42 Å². The lowest BCUT2D eigenvalue weighted by molar-refractivity contribution is -0.139. The highest BCUT2D eigenvalue weighted by Gasteiger charge is 2.22. The van der Waals surface area contributed by atoms with Crippen molar-refractivity contribution in [1.29, 1.82) is 0 Å². The van der Waals surface area contributed by atoms with Crippen LogP contribution in [0.5, 0.6) is 5.75 Å². The number of carbonyl (C=O) groups is 1. The highest BCUT2D eigenvalue weighted by molar-refractivity contribution is 6.31. The molecule has 92 valence electrons. The molecular weight excluding hydrogens is 236 g/mol. The maximum Gasteiger partial charge on any atom is 0.314 e. The van der Waals surface area contributed by atoms with Crippen LogP contribution in [0.15, 0.2) is 18.2 Å². The Morgan fingerprint density at radius 1 is 1.29 bits per heavy atom. The molecule has 1 saturated carbocycles. The second-order valence-electron chi connectivity index (χ2n) is 4.67. The van der Waals surface area contributed by atoms with Gasteiger partial charge >= 0.3 is 5.97 Å². The van der Waals surface area contributed by atoms with Gasteiger partial charge in [0.2, 0.25) is 0 Å². The maximum atomic E-state index is 11.9. The van der Waals surface area contributed by atoms with Crippen LogP contribution in [-0.2, 0) is 4.79 Å². The third-order valence-corrected chi connectivity index (χ3v) is 3.71. The van der Waals surface area contributed by atoms with Gasteiger partial charge in [-0.25, -0.2) is 0 Å². The van der Waals surface area contributed by atoms with Gasteiger partial charge < -0.3 is 4.74 Å². The second kappa shape index (κ2) is 5.54. The molecule has 1 fully saturated rings. The van der Waals surface area contributed by atoms with Crippen LogP contribution in [0.4, 0.5) is 0 Å². The molecule has 1 aromatic rings. The molecule has 1 aliphatic rings. The zero-order chi connectivity index (χ0) is 12.3. The van der Waals surface area contributed by atoms with Crippen molar-refractivity contribution in [2.45, 2.75) is 39.0 Å². The number of benzene rings is 1. The molecule has 2 nitrogen and oxygen atoms in total. The first-order valence-corrected chi connectivity index (χ1v) is 6.52. The molecule has 0 bridgehead atoms. The minimum absolute atomic E-state index is 0.0831. The summed E-state index contributed by atoms with van der Waals surface area (Å²) in [5.41, 5.74) is 0.931. The highest BCUT2D eigenvalue weighted by Crippen LogP contribution is 2.27. The Hall–Kier alpha value is -1.02. The van der Waals surface area contributed by atoms with Gasteiger partial charge in [0.1, 0.15) is 5.75 Å². The van der Waals surface area contributed by atoms with E-state index in [0.717, 1.165) is 31.2 Å². The van der Waals surface area contributed by atoms with Crippen LogP contribution in [0, 0.1) is 12.8 Å².